The highest BCUT2D eigenvalue weighted by Gasteiger charge is 2.54. The molecular formula is C11H16FN2O8P. The summed E-state index contributed by atoms with van der Waals surface area (Å²) in [5.74, 6) is 0. The largest absolute Gasteiger partial charge is 0.469 e. The molecule has 4 N–H and O–H groups in total. The van der Waals surface area contributed by atoms with Crippen LogP contribution in [0.2, 0.25) is 0 Å². The Morgan fingerprint density at radius 1 is 1.52 bits per heavy atom. The predicted molar refractivity (Wildman–Crippen MR) is 73.5 cm³/mol. The number of ether oxygens (including phenoxy) is 1. The number of hydrogen-bond donors (Lipinski definition) is 4. The first-order valence-corrected chi connectivity index (χ1v) is 8.00. The van der Waals surface area contributed by atoms with Gasteiger partial charge in [-0.05, 0) is 13.8 Å². The first-order valence-electron chi connectivity index (χ1n) is 6.47. The average Bonchev–Trinajstić information content (AvgIpc) is 2.65. The Hall–Kier alpha value is -1.36. The van der Waals surface area contributed by atoms with Gasteiger partial charge in [-0.1, -0.05) is 0 Å². The zero-order valence-corrected chi connectivity index (χ0v) is 13.1. The second kappa shape index (κ2) is 5.93. The molecule has 0 aliphatic carbocycles. The molecule has 1 aromatic heterocycles. The third kappa shape index (κ3) is 3.60. The van der Waals surface area contributed by atoms with E-state index in [1.54, 1.807) is 0 Å². The predicted octanol–water partition coefficient (Wildman–Crippen LogP) is -1.06. The summed E-state index contributed by atoms with van der Waals surface area (Å²) in [5, 5.41) is 9.94. The quantitative estimate of drug-likeness (QED) is 0.500. The van der Waals surface area contributed by atoms with Gasteiger partial charge in [-0.15, -0.1) is 0 Å². The maximum Gasteiger partial charge on any atom is 0.469 e. The number of aromatic amines is 1. The molecule has 2 heterocycles. The van der Waals surface area contributed by atoms with Crippen LogP contribution in [0.25, 0.3) is 0 Å². The van der Waals surface area contributed by atoms with E-state index in [2.05, 4.69) is 4.52 Å². The summed E-state index contributed by atoms with van der Waals surface area (Å²) in [6, 6.07) is 0. The Labute approximate surface area is 128 Å². The lowest BCUT2D eigenvalue weighted by Crippen LogP contribution is -2.43. The highest BCUT2D eigenvalue weighted by Crippen LogP contribution is 2.43. The van der Waals surface area contributed by atoms with Gasteiger partial charge in [0.05, 0.1) is 6.61 Å². The molecular weight excluding hydrogens is 338 g/mol. The van der Waals surface area contributed by atoms with Crippen molar-refractivity contribution in [3.05, 3.63) is 32.6 Å². The Balaban J connectivity index is 2.33. The molecule has 1 saturated heterocycles. The fraction of sp³-hybridized carbons (Fsp3) is 0.636. The van der Waals surface area contributed by atoms with Crippen LogP contribution in [0.4, 0.5) is 4.39 Å². The summed E-state index contributed by atoms with van der Waals surface area (Å²) in [6.07, 6.45) is -4.40. The van der Waals surface area contributed by atoms with E-state index in [1.807, 2.05) is 4.98 Å². The number of phosphoric acid groups is 1. The number of aliphatic hydroxyl groups is 1. The number of rotatable bonds is 4. The van der Waals surface area contributed by atoms with E-state index in [0.717, 1.165) is 10.8 Å². The molecule has 2 unspecified atom stereocenters. The number of H-pyrrole nitrogens is 1. The maximum atomic E-state index is 14.3. The monoisotopic (exact) mass is 354 g/mol. The van der Waals surface area contributed by atoms with Crippen LogP contribution in [-0.4, -0.2) is 48.9 Å². The minimum absolute atomic E-state index is 0.120. The SMILES string of the molecule is Cc1cn([C@H]2OC(C)(COP(=O)(O)O)[C@@H](O)C2F)c(=O)[nH]c1=O. The van der Waals surface area contributed by atoms with Gasteiger partial charge in [0.15, 0.2) is 12.4 Å². The first-order chi connectivity index (χ1) is 10.4. The van der Waals surface area contributed by atoms with E-state index < -0.39 is 49.8 Å². The van der Waals surface area contributed by atoms with Crippen molar-refractivity contribution in [1.82, 2.24) is 9.55 Å². The second-order valence-electron chi connectivity index (χ2n) is 5.45. The fourth-order valence-electron chi connectivity index (χ4n) is 2.22. The van der Waals surface area contributed by atoms with Crippen LogP contribution in [0.1, 0.15) is 18.7 Å². The molecule has 0 bridgehead atoms. The highest BCUT2D eigenvalue weighted by atomic mass is 31.2. The normalized spacial score (nSPS) is 31.5. The lowest BCUT2D eigenvalue weighted by Gasteiger charge is -2.27. The molecule has 0 saturated carbocycles. The molecule has 12 heteroatoms. The van der Waals surface area contributed by atoms with E-state index in [9.17, 15) is 23.7 Å². The molecule has 23 heavy (non-hydrogen) atoms. The third-order valence-electron chi connectivity index (χ3n) is 3.53. The van der Waals surface area contributed by atoms with Gasteiger partial charge in [0.1, 0.15) is 11.7 Å². The molecule has 4 atom stereocenters. The topological polar surface area (TPSA) is 151 Å². The lowest BCUT2D eigenvalue weighted by atomic mass is 9.99. The number of phosphoric ester groups is 1. The Kier molecular flexibility index (Phi) is 4.64. The number of aliphatic hydroxyl groups excluding tert-OH is 1. The molecule has 1 aliphatic heterocycles. The summed E-state index contributed by atoms with van der Waals surface area (Å²) >= 11 is 0. The molecule has 1 aromatic rings. The van der Waals surface area contributed by atoms with Gasteiger partial charge in [-0.2, -0.15) is 0 Å². The van der Waals surface area contributed by atoms with Gasteiger partial charge in [0, 0.05) is 11.8 Å². The van der Waals surface area contributed by atoms with Gasteiger partial charge in [0.2, 0.25) is 0 Å². The minimum atomic E-state index is -4.85. The van der Waals surface area contributed by atoms with Crippen LogP contribution in [0.15, 0.2) is 15.8 Å². The number of nitrogens with zero attached hydrogens (tertiary/aromatic N) is 1. The van der Waals surface area contributed by atoms with E-state index in [4.69, 9.17) is 14.5 Å². The van der Waals surface area contributed by atoms with Gasteiger partial charge in [0.25, 0.3) is 5.56 Å². The average molecular weight is 354 g/mol. The van der Waals surface area contributed by atoms with E-state index in [1.165, 1.54) is 13.8 Å². The molecule has 1 aliphatic rings. The number of aromatic nitrogens is 2. The molecule has 0 amide bonds. The van der Waals surface area contributed by atoms with E-state index >= 15 is 0 Å². The smallest absolute Gasteiger partial charge is 0.387 e. The Morgan fingerprint density at radius 3 is 2.70 bits per heavy atom. The van der Waals surface area contributed by atoms with Crippen molar-refractivity contribution in [3.63, 3.8) is 0 Å². The molecule has 0 spiro atoms. The molecule has 0 radical (unpaired) electrons. The van der Waals surface area contributed by atoms with Crippen molar-refractivity contribution in [1.29, 1.82) is 0 Å². The van der Waals surface area contributed by atoms with Crippen LogP contribution in [0.3, 0.4) is 0 Å². The summed E-state index contributed by atoms with van der Waals surface area (Å²) in [4.78, 5) is 42.5. The van der Waals surface area contributed by atoms with Gasteiger partial charge >= 0.3 is 13.5 Å². The Bertz CT molecular complexity index is 757. The third-order valence-corrected chi connectivity index (χ3v) is 3.99. The van der Waals surface area contributed by atoms with Crippen molar-refractivity contribution in [2.75, 3.05) is 6.61 Å². The molecule has 130 valence electrons. The minimum Gasteiger partial charge on any atom is -0.387 e. The van der Waals surface area contributed by atoms with Crippen LogP contribution in [0, 0.1) is 6.92 Å². The fourth-order valence-corrected chi connectivity index (χ4v) is 2.64. The number of alkyl halides is 1. The van der Waals surface area contributed by atoms with Gasteiger partial charge < -0.3 is 19.6 Å². The van der Waals surface area contributed by atoms with Crippen LogP contribution in [-0.2, 0) is 13.8 Å². The van der Waals surface area contributed by atoms with Crippen molar-refractivity contribution >= 4 is 7.82 Å². The highest BCUT2D eigenvalue weighted by molar-refractivity contribution is 7.46. The summed E-state index contributed by atoms with van der Waals surface area (Å²) < 4.78 is 35.4. The number of aryl methyl sites for hydroxylation is 1. The lowest BCUT2D eigenvalue weighted by molar-refractivity contribution is -0.115. The van der Waals surface area contributed by atoms with Crippen LogP contribution in [0.5, 0.6) is 0 Å². The van der Waals surface area contributed by atoms with Gasteiger partial charge in [-0.3, -0.25) is 18.9 Å². The Morgan fingerprint density at radius 2 is 2.13 bits per heavy atom. The van der Waals surface area contributed by atoms with Crippen molar-refractivity contribution in [3.8, 4) is 0 Å². The van der Waals surface area contributed by atoms with Crippen LogP contribution < -0.4 is 11.2 Å². The second-order valence-corrected chi connectivity index (χ2v) is 6.69. The molecule has 2 rings (SSSR count). The zero-order valence-electron chi connectivity index (χ0n) is 12.2. The van der Waals surface area contributed by atoms with Crippen molar-refractivity contribution in [2.24, 2.45) is 0 Å². The van der Waals surface area contributed by atoms with Crippen molar-refractivity contribution in [2.45, 2.75) is 38.0 Å². The number of hydrogen-bond acceptors (Lipinski definition) is 6. The van der Waals surface area contributed by atoms with Crippen LogP contribution >= 0.6 is 7.82 Å². The number of halogens is 1. The van der Waals surface area contributed by atoms with E-state index in [-0.39, 0.29) is 5.56 Å². The number of nitrogens with one attached hydrogen (secondary N) is 1. The molecule has 1 fully saturated rings. The molecule has 10 nitrogen and oxygen atoms in total. The summed E-state index contributed by atoms with van der Waals surface area (Å²) in [5.41, 5.74) is -3.27. The maximum absolute atomic E-state index is 14.3. The standard InChI is InChI=1S/C11H16FN2O8P/c1-5-3-14(10(17)13-8(5)16)9-6(12)7(15)11(2,22-9)4-21-23(18,19)20/h3,6-7,9,15H,4H2,1-2H3,(H,13,16,17)(H2,18,19,20)/t6?,7-,9-,11?/m0/s1. The summed E-state index contributed by atoms with van der Waals surface area (Å²) in [7, 11) is -4.85. The zero-order chi connectivity index (χ0) is 17.6. The van der Waals surface area contributed by atoms with Gasteiger partial charge in [-0.25, -0.2) is 13.8 Å². The summed E-state index contributed by atoms with van der Waals surface area (Å²) in [6.45, 7) is 1.78. The first kappa shape index (κ1) is 18.0. The van der Waals surface area contributed by atoms with Crippen molar-refractivity contribution < 1.29 is 33.1 Å². The van der Waals surface area contributed by atoms with E-state index in [0.29, 0.717) is 0 Å². The molecule has 0 aromatic carbocycles.